The van der Waals surface area contributed by atoms with Crippen LogP contribution in [0.15, 0.2) is 35.8 Å². The average Bonchev–Trinajstić information content (AvgIpc) is 3.09. The molecule has 0 spiro atoms. The third-order valence-corrected chi connectivity index (χ3v) is 4.82. The summed E-state index contributed by atoms with van der Waals surface area (Å²) in [6.07, 6.45) is 8.09. The zero-order chi connectivity index (χ0) is 17.3. The highest BCUT2D eigenvalue weighted by Gasteiger charge is 2.30. The number of amides is 2. The van der Waals surface area contributed by atoms with Gasteiger partial charge >= 0.3 is 6.03 Å². The van der Waals surface area contributed by atoms with Gasteiger partial charge in [-0.2, -0.15) is 0 Å². The van der Waals surface area contributed by atoms with Gasteiger partial charge in [0.05, 0.1) is 12.4 Å². The molecule has 1 aliphatic rings. The van der Waals surface area contributed by atoms with Crippen molar-refractivity contribution in [2.24, 2.45) is 13.0 Å². The van der Waals surface area contributed by atoms with Crippen molar-refractivity contribution in [3.05, 3.63) is 46.9 Å². The lowest BCUT2D eigenvalue weighted by Crippen LogP contribution is -2.46. The molecule has 1 aliphatic heterocycles. The summed E-state index contributed by atoms with van der Waals surface area (Å²) in [4.78, 5) is 30.8. The van der Waals surface area contributed by atoms with Crippen molar-refractivity contribution in [2.45, 2.75) is 26.3 Å². The Bertz CT molecular complexity index is 781. The number of piperidine rings is 1. The summed E-state index contributed by atoms with van der Waals surface area (Å²) in [6, 6.07) is 1.80. The monoisotopic (exact) mass is 329 g/mol. The van der Waals surface area contributed by atoms with Gasteiger partial charge in [0, 0.05) is 38.7 Å². The van der Waals surface area contributed by atoms with E-state index < -0.39 is 0 Å². The largest absolute Gasteiger partial charge is 0.332 e. The molecule has 2 atom stereocenters. The van der Waals surface area contributed by atoms with Crippen LogP contribution in [0.4, 0.5) is 10.5 Å². The van der Waals surface area contributed by atoms with E-state index in [9.17, 15) is 9.59 Å². The fourth-order valence-corrected chi connectivity index (χ4v) is 3.14. The lowest BCUT2D eigenvalue weighted by molar-refractivity contribution is 0.149. The summed E-state index contributed by atoms with van der Waals surface area (Å²) in [7, 11) is 1.68. The third kappa shape index (κ3) is 3.06. The fourth-order valence-electron chi connectivity index (χ4n) is 3.14. The molecule has 2 aromatic rings. The van der Waals surface area contributed by atoms with Crippen LogP contribution in [-0.2, 0) is 7.05 Å². The van der Waals surface area contributed by atoms with Gasteiger partial charge in [-0.3, -0.25) is 4.79 Å². The number of hydrogen-bond donors (Lipinski definition) is 1. The number of pyridine rings is 1. The Morgan fingerprint density at radius 2 is 2.17 bits per heavy atom. The molecule has 7 heteroatoms. The Morgan fingerprint density at radius 3 is 2.88 bits per heavy atom. The van der Waals surface area contributed by atoms with Crippen molar-refractivity contribution < 1.29 is 4.79 Å². The van der Waals surface area contributed by atoms with Crippen molar-refractivity contribution in [3.63, 3.8) is 0 Å². The van der Waals surface area contributed by atoms with Crippen LogP contribution in [0, 0.1) is 12.8 Å². The lowest BCUT2D eigenvalue weighted by Gasteiger charge is -2.37. The number of nitrogens with zero attached hydrogens (tertiary/aromatic N) is 4. The predicted molar refractivity (Wildman–Crippen MR) is 92.1 cm³/mol. The topological polar surface area (TPSA) is 72.2 Å². The second-order valence-electron chi connectivity index (χ2n) is 6.51. The van der Waals surface area contributed by atoms with Crippen molar-refractivity contribution >= 4 is 11.7 Å². The minimum absolute atomic E-state index is 0.195. The van der Waals surface area contributed by atoms with E-state index in [1.807, 2.05) is 19.2 Å². The van der Waals surface area contributed by atoms with E-state index in [0.717, 1.165) is 12.0 Å². The van der Waals surface area contributed by atoms with Crippen molar-refractivity contribution in [1.29, 1.82) is 0 Å². The van der Waals surface area contributed by atoms with E-state index in [2.05, 4.69) is 21.8 Å². The highest BCUT2D eigenvalue weighted by Crippen LogP contribution is 2.27. The van der Waals surface area contributed by atoms with Gasteiger partial charge in [-0.1, -0.05) is 6.92 Å². The van der Waals surface area contributed by atoms with E-state index >= 15 is 0 Å². The summed E-state index contributed by atoms with van der Waals surface area (Å²) in [6.45, 7) is 5.31. The van der Waals surface area contributed by atoms with Crippen LogP contribution in [0.5, 0.6) is 0 Å². The van der Waals surface area contributed by atoms with Crippen LogP contribution < -0.4 is 10.9 Å². The van der Waals surface area contributed by atoms with E-state index in [1.54, 1.807) is 30.7 Å². The Kier molecular flexibility index (Phi) is 4.42. The Morgan fingerprint density at radius 1 is 1.38 bits per heavy atom. The summed E-state index contributed by atoms with van der Waals surface area (Å²) >= 11 is 0. The minimum atomic E-state index is -0.224. The first kappa shape index (κ1) is 16.3. The van der Waals surface area contributed by atoms with Crippen molar-refractivity contribution in [3.8, 4) is 0 Å². The summed E-state index contributed by atoms with van der Waals surface area (Å²) in [5.74, 6) is 0.467. The maximum absolute atomic E-state index is 12.6. The van der Waals surface area contributed by atoms with Crippen LogP contribution in [0.3, 0.4) is 0 Å². The number of carbonyl (C=O) groups is 1. The number of aromatic nitrogens is 3. The molecule has 24 heavy (non-hydrogen) atoms. The van der Waals surface area contributed by atoms with Crippen LogP contribution in [0.1, 0.15) is 24.9 Å². The molecule has 0 bridgehead atoms. The van der Waals surface area contributed by atoms with Crippen LogP contribution in [-0.4, -0.2) is 38.1 Å². The van der Waals surface area contributed by atoms with Crippen LogP contribution >= 0.6 is 0 Å². The molecule has 0 aromatic carbocycles. The highest BCUT2D eigenvalue weighted by molar-refractivity contribution is 5.90. The van der Waals surface area contributed by atoms with Crippen molar-refractivity contribution in [1.82, 2.24) is 19.0 Å². The molecule has 2 amide bonds. The van der Waals surface area contributed by atoms with Gasteiger partial charge in [-0.15, -0.1) is 0 Å². The lowest BCUT2D eigenvalue weighted by atomic mass is 9.93. The number of rotatable bonds is 2. The zero-order valence-electron chi connectivity index (χ0n) is 14.3. The van der Waals surface area contributed by atoms with Gasteiger partial charge in [0.25, 0.3) is 5.56 Å². The number of aryl methyl sites for hydroxylation is 2. The molecule has 3 rings (SSSR count). The Labute approximate surface area is 140 Å². The molecule has 0 aliphatic carbocycles. The van der Waals surface area contributed by atoms with E-state index in [1.165, 1.54) is 4.57 Å². The van der Waals surface area contributed by atoms with Gasteiger partial charge in [0.1, 0.15) is 5.69 Å². The first-order valence-corrected chi connectivity index (χ1v) is 8.17. The second kappa shape index (κ2) is 6.51. The van der Waals surface area contributed by atoms with Crippen LogP contribution in [0.2, 0.25) is 0 Å². The molecule has 1 fully saturated rings. The smallest absolute Gasteiger partial charge is 0.322 e. The second-order valence-corrected chi connectivity index (χ2v) is 6.51. The molecule has 1 saturated heterocycles. The molecule has 2 aromatic heterocycles. The van der Waals surface area contributed by atoms with E-state index in [0.29, 0.717) is 24.7 Å². The molecular weight excluding hydrogens is 306 g/mol. The normalized spacial score (nSPS) is 20.9. The summed E-state index contributed by atoms with van der Waals surface area (Å²) < 4.78 is 3.52. The average molecular weight is 329 g/mol. The first-order chi connectivity index (χ1) is 11.5. The number of hydrogen-bond acceptors (Lipinski definition) is 3. The summed E-state index contributed by atoms with van der Waals surface area (Å²) in [5, 5.41) is 2.80. The van der Waals surface area contributed by atoms with E-state index in [-0.39, 0.29) is 17.6 Å². The first-order valence-electron chi connectivity index (χ1n) is 8.17. The zero-order valence-corrected chi connectivity index (χ0v) is 14.3. The van der Waals surface area contributed by atoms with Gasteiger partial charge in [-0.05, 0) is 30.9 Å². The fraction of sp³-hybridized carbons (Fsp3) is 0.471. The molecule has 0 radical (unpaired) electrons. The number of urea groups is 1. The minimum Gasteiger partial charge on any atom is -0.332 e. The Hall–Kier alpha value is -2.57. The van der Waals surface area contributed by atoms with Gasteiger partial charge < -0.3 is 19.4 Å². The standard InChI is InChI=1S/C17H23N5O2/c1-12-5-8-21(10-14(12)22-9-6-18-11-22)17(24)19-15-13(2)4-7-20(3)16(15)23/h4,6-7,9,11-12,14H,5,8,10H2,1-3H3,(H,19,24)/t12-,14-/m0/s1. The number of likely N-dealkylation sites (tertiary alicyclic amines) is 1. The summed E-state index contributed by atoms with van der Waals surface area (Å²) in [5.41, 5.74) is 0.922. The number of nitrogens with one attached hydrogen (secondary N) is 1. The molecule has 0 saturated carbocycles. The Balaban J connectivity index is 1.76. The maximum atomic E-state index is 12.6. The molecule has 7 nitrogen and oxygen atoms in total. The highest BCUT2D eigenvalue weighted by atomic mass is 16.2. The van der Waals surface area contributed by atoms with Crippen molar-refractivity contribution in [2.75, 3.05) is 18.4 Å². The van der Waals surface area contributed by atoms with E-state index in [4.69, 9.17) is 0 Å². The van der Waals surface area contributed by atoms with Crippen LogP contribution in [0.25, 0.3) is 0 Å². The number of carbonyl (C=O) groups excluding carboxylic acids is 1. The molecule has 1 N–H and O–H groups in total. The SMILES string of the molecule is Cc1ccn(C)c(=O)c1NC(=O)N1CC[C@H](C)[C@@H](n2ccnc2)C1. The number of anilines is 1. The molecular formula is C17H23N5O2. The molecule has 128 valence electrons. The molecule has 3 heterocycles. The molecule has 0 unspecified atom stereocenters. The quantitative estimate of drug-likeness (QED) is 0.916. The van der Waals surface area contributed by atoms with Gasteiger partial charge in [-0.25, -0.2) is 9.78 Å². The third-order valence-electron chi connectivity index (χ3n) is 4.82. The maximum Gasteiger partial charge on any atom is 0.322 e. The number of imidazole rings is 1. The van der Waals surface area contributed by atoms with Gasteiger partial charge in [0.15, 0.2) is 0 Å². The predicted octanol–water partition coefficient (Wildman–Crippen LogP) is 2.01. The van der Waals surface area contributed by atoms with Gasteiger partial charge in [0.2, 0.25) is 0 Å².